The smallest absolute Gasteiger partial charge is 0.168 e. The first-order valence-electron chi connectivity index (χ1n) is 7.44. The number of fused-ring (bicyclic) bond motifs is 3. The van der Waals surface area contributed by atoms with Crippen LogP contribution in [-0.4, -0.2) is 58.1 Å². The molecular formula is C14H20N4S2. The van der Waals surface area contributed by atoms with E-state index in [1.807, 2.05) is 23.5 Å². The summed E-state index contributed by atoms with van der Waals surface area (Å²) >= 11 is 3.69. The van der Waals surface area contributed by atoms with Crippen molar-refractivity contribution in [3.05, 3.63) is 11.1 Å². The Kier molecular flexibility index (Phi) is 3.46. The maximum atomic E-state index is 4.92. The molecule has 0 bridgehead atoms. The third kappa shape index (κ3) is 2.17. The molecule has 0 N–H and O–H groups in total. The summed E-state index contributed by atoms with van der Waals surface area (Å²) < 4.78 is 0. The number of thioether (sulfide) groups is 2. The molecule has 3 heterocycles. The number of hydrogen-bond donors (Lipinski definition) is 0. The molecule has 4 aliphatic rings. The Hall–Kier alpha value is -0.620. The first-order valence-corrected chi connectivity index (χ1v) is 9.30. The Morgan fingerprint density at radius 1 is 1.40 bits per heavy atom. The Morgan fingerprint density at radius 3 is 3.15 bits per heavy atom. The molecule has 4 nitrogen and oxygen atoms in total. The van der Waals surface area contributed by atoms with E-state index in [0.29, 0.717) is 12.1 Å². The Balaban J connectivity index is 1.43. The first-order chi connectivity index (χ1) is 9.83. The largest absolute Gasteiger partial charge is 0.353 e. The van der Waals surface area contributed by atoms with Crippen LogP contribution in [0.5, 0.6) is 0 Å². The number of hydrogen-bond acceptors (Lipinski definition) is 6. The van der Waals surface area contributed by atoms with Gasteiger partial charge in [0.05, 0.1) is 18.6 Å². The van der Waals surface area contributed by atoms with Crippen LogP contribution in [0.3, 0.4) is 0 Å². The monoisotopic (exact) mass is 308 g/mol. The molecule has 0 unspecified atom stereocenters. The van der Waals surface area contributed by atoms with Gasteiger partial charge in [0, 0.05) is 25.0 Å². The fourth-order valence-corrected chi connectivity index (χ4v) is 5.50. The van der Waals surface area contributed by atoms with Gasteiger partial charge < -0.3 is 9.80 Å². The highest BCUT2D eigenvalue weighted by Crippen LogP contribution is 2.41. The molecule has 1 aliphatic carbocycles. The van der Waals surface area contributed by atoms with Crippen LogP contribution in [0.1, 0.15) is 25.7 Å². The predicted molar refractivity (Wildman–Crippen MR) is 88.4 cm³/mol. The number of nitrogens with zero attached hydrogens (tertiary/aromatic N) is 4. The predicted octanol–water partition coefficient (Wildman–Crippen LogP) is 2.59. The summed E-state index contributed by atoms with van der Waals surface area (Å²) in [6.07, 6.45) is 5.30. The lowest BCUT2D eigenvalue weighted by Crippen LogP contribution is -2.39. The second-order valence-corrected chi connectivity index (χ2v) is 7.58. The highest BCUT2D eigenvalue weighted by atomic mass is 32.2. The Labute approximate surface area is 128 Å². The molecule has 0 aromatic heterocycles. The van der Waals surface area contributed by atoms with Gasteiger partial charge in [0.1, 0.15) is 0 Å². The van der Waals surface area contributed by atoms with E-state index in [-0.39, 0.29) is 0 Å². The molecule has 1 saturated carbocycles. The maximum absolute atomic E-state index is 4.92. The third-order valence-corrected chi connectivity index (χ3v) is 6.52. The summed E-state index contributed by atoms with van der Waals surface area (Å²) in [5, 5.41) is 4.74. The van der Waals surface area contributed by atoms with Crippen LogP contribution in [0.15, 0.2) is 21.1 Å². The number of aliphatic imine (C=N–C) groups is 2. The van der Waals surface area contributed by atoms with Crippen molar-refractivity contribution in [2.75, 3.05) is 25.9 Å². The molecule has 1 fully saturated rings. The maximum Gasteiger partial charge on any atom is 0.168 e. The van der Waals surface area contributed by atoms with Gasteiger partial charge in [-0.25, -0.2) is 0 Å². The number of amidine groups is 2. The SMILES string of the molecule is CN1CCN=C1SCC1=CSC2=N[C@@H]3CCCC[C@@H]3N12. The summed E-state index contributed by atoms with van der Waals surface area (Å²) in [6, 6.07) is 1.20. The van der Waals surface area contributed by atoms with Crippen LogP contribution >= 0.6 is 23.5 Å². The van der Waals surface area contributed by atoms with Gasteiger partial charge in [0.15, 0.2) is 10.3 Å². The van der Waals surface area contributed by atoms with E-state index in [1.165, 1.54) is 41.7 Å². The van der Waals surface area contributed by atoms with Crippen molar-refractivity contribution in [3.63, 3.8) is 0 Å². The van der Waals surface area contributed by atoms with Crippen molar-refractivity contribution in [3.8, 4) is 0 Å². The van der Waals surface area contributed by atoms with Gasteiger partial charge in [-0.2, -0.15) is 0 Å². The average molecular weight is 308 g/mol. The fourth-order valence-electron chi connectivity index (χ4n) is 3.40. The quantitative estimate of drug-likeness (QED) is 0.785. The van der Waals surface area contributed by atoms with Crippen molar-refractivity contribution < 1.29 is 0 Å². The second-order valence-electron chi connectivity index (χ2n) is 5.80. The summed E-state index contributed by atoms with van der Waals surface area (Å²) in [5.41, 5.74) is 1.44. The highest BCUT2D eigenvalue weighted by molar-refractivity contribution is 8.17. The van der Waals surface area contributed by atoms with E-state index < -0.39 is 0 Å². The number of rotatable bonds is 2. The fraction of sp³-hybridized carbons (Fsp3) is 0.714. The highest BCUT2D eigenvalue weighted by Gasteiger charge is 2.41. The minimum absolute atomic E-state index is 0.562. The van der Waals surface area contributed by atoms with E-state index in [1.54, 1.807) is 0 Å². The van der Waals surface area contributed by atoms with Crippen molar-refractivity contribution in [2.24, 2.45) is 9.98 Å². The van der Waals surface area contributed by atoms with E-state index >= 15 is 0 Å². The van der Waals surface area contributed by atoms with Crippen molar-refractivity contribution in [2.45, 2.75) is 37.8 Å². The van der Waals surface area contributed by atoms with Gasteiger partial charge >= 0.3 is 0 Å². The zero-order valence-electron chi connectivity index (χ0n) is 11.8. The summed E-state index contributed by atoms with van der Waals surface area (Å²) in [7, 11) is 2.14. The van der Waals surface area contributed by atoms with Gasteiger partial charge in [-0.05, 0) is 18.2 Å². The molecule has 0 aromatic rings. The molecule has 0 saturated heterocycles. The third-order valence-electron chi connectivity index (χ3n) is 4.48. The molecule has 3 aliphatic heterocycles. The van der Waals surface area contributed by atoms with Gasteiger partial charge in [-0.15, -0.1) is 0 Å². The van der Waals surface area contributed by atoms with Crippen LogP contribution in [0.25, 0.3) is 0 Å². The normalized spacial score (nSPS) is 31.9. The van der Waals surface area contributed by atoms with Crippen LogP contribution in [0, 0.1) is 0 Å². The summed E-state index contributed by atoms with van der Waals surface area (Å²) in [4.78, 5) is 14.3. The standard InChI is InChI=1S/C14H20N4S2/c1-17-7-6-15-13(17)19-8-10-9-20-14-16-11-4-2-3-5-12(11)18(10)14/h9,11-12H,2-8H2,1H3/t11-,12+/m1/s1. The lowest BCUT2D eigenvalue weighted by molar-refractivity contribution is 0.285. The van der Waals surface area contributed by atoms with E-state index in [0.717, 1.165) is 18.8 Å². The van der Waals surface area contributed by atoms with Crippen molar-refractivity contribution in [1.29, 1.82) is 0 Å². The Bertz CT molecular complexity index is 499. The molecule has 0 aromatic carbocycles. The van der Waals surface area contributed by atoms with E-state index in [2.05, 4.69) is 27.2 Å². The topological polar surface area (TPSA) is 31.2 Å². The molecule has 0 radical (unpaired) electrons. The zero-order valence-corrected chi connectivity index (χ0v) is 13.4. The lowest BCUT2D eigenvalue weighted by atomic mass is 9.91. The zero-order chi connectivity index (χ0) is 13.5. The molecule has 4 rings (SSSR count). The molecule has 6 heteroatoms. The minimum atomic E-state index is 0.562. The number of likely N-dealkylation sites (N-methyl/N-ethyl adjacent to an activating group) is 1. The molecule has 0 amide bonds. The van der Waals surface area contributed by atoms with Gasteiger partial charge in [-0.1, -0.05) is 36.4 Å². The van der Waals surface area contributed by atoms with Crippen LogP contribution in [0.2, 0.25) is 0 Å². The second kappa shape index (κ2) is 5.30. The first kappa shape index (κ1) is 13.1. The van der Waals surface area contributed by atoms with Crippen LogP contribution in [-0.2, 0) is 0 Å². The minimum Gasteiger partial charge on any atom is -0.353 e. The molecule has 108 valence electrons. The van der Waals surface area contributed by atoms with Crippen molar-refractivity contribution in [1.82, 2.24) is 9.80 Å². The van der Waals surface area contributed by atoms with E-state index in [4.69, 9.17) is 4.99 Å². The lowest BCUT2D eigenvalue weighted by Gasteiger charge is -2.32. The van der Waals surface area contributed by atoms with Crippen LogP contribution < -0.4 is 0 Å². The Morgan fingerprint density at radius 2 is 2.30 bits per heavy atom. The molecule has 2 atom stereocenters. The van der Waals surface area contributed by atoms with Gasteiger partial charge in [0.25, 0.3) is 0 Å². The average Bonchev–Trinajstić information content (AvgIpc) is 3.12. The van der Waals surface area contributed by atoms with Crippen molar-refractivity contribution >= 4 is 33.9 Å². The summed E-state index contributed by atoms with van der Waals surface area (Å²) in [5.74, 6) is 1.03. The molecular weight excluding hydrogens is 288 g/mol. The molecule has 20 heavy (non-hydrogen) atoms. The van der Waals surface area contributed by atoms with Gasteiger partial charge in [-0.3, -0.25) is 9.98 Å². The van der Waals surface area contributed by atoms with Gasteiger partial charge in [0.2, 0.25) is 0 Å². The van der Waals surface area contributed by atoms with Crippen LogP contribution in [0.4, 0.5) is 0 Å². The summed E-state index contributed by atoms with van der Waals surface area (Å²) in [6.45, 7) is 2.02. The van der Waals surface area contributed by atoms with E-state index in [9.17, 15) is 0 Å². The molecule has 0 spiro atoms.